The van der Waals surface area contributed by atoms with E-state index >= 15 is 0 Å². The number of methoxy groups -OCH3 is 1. The number of nitrogens with zero attached hydrogens (tertiary/aromatic N) is 1. The molecule has 0 saturated carbocycles. The molecule has 0 bridgehead atoms. The van der Waals surface area contributed by atoms with Crippen molar-refractivity contribution >= 4 is 32.5 Å². The molecule has 0 radical (unpaired) electrons. The Balaban J connectivity index is 1.41. The third-order valence-electron chi connectivity index (χ3n) is 5.91. The molecular weight excluding hydrogens is 426 g/mol. The lowest BCUT2D eigenvalue weighted by molar-refractivity contribution is -0.116. The normalized spacial score (nSPS) is 15.0. The second-order valence-corrected chi connectivity index (χ2v) is 10.00. The number of anilines is 1. The number of aromatic amines is 1. The first-order valence-corrected chi connectivity index (χ1v) is 12.5. The van der Waals surface area contributed by atoms with Gasteiger partial charge in [-0.2, -0.15) is 4.31 Å². The number of aromatic nitrogens is 1. The third-order valence-corrected chi connectivity index (χ3v) is 7.82. The summed E-state index contributed by atoms with van der Waals surface area (Å²) in [6.07, 6.45) is 6.57. The van der Waals surface area contributed by atoms with Gasteiger partial charge in [0.1, 0.15) is 10.6 Å². The lowest BCUT2D eigenvalue weighted by Crippen LogP contribution is -2.35. The van der Waals surface area contributed by atoms with E-state index in [0.717, 1.165) is 31.2 Å². The predicted molar refractivity (Wildman–Crippen MR) is 125 cm³/mol. The monoisotopic (exact) mass is 455 g/mol. The fourth-order valence-corrected chi connectivity index (χ4v) is 5.90. The number of rotatable bonds is 8. The van der Waals surface area contributed by atoms with Gasteiger partial charge in [0, 0.05) is 42.3 Å². The number of fused-ring (bicyclic) bond motifs is 1. The van der Waals surface area contributed by atoms with E-state index in [2.05, 4.69) is 16.4 Å². The molecule has 4 rings (SSSR count). The fraction of sp³-hybridized carbons (Fsp3) is 0.375. The standard InChI is InChI=1S/C24H29N3O4S/c1-31-22-13-12-19(16-23(22)32(29,30)27-14-5-2-6-15-27)26-24(28)11-7-8-18-17-25-21-10-4-3-9-20(18)21/h3-4,9-10,12-13,16-17,25H,2,5-8,11,14-15H2,1H3,(H,26,28). The summed E-state index contributed by atoms with van der Waals surface area (Å²) in [5.41, 5.74) is 2.74. The number of aryl methyl sites for hydroxylation is 1. The highest BCUT2D eigenvalue weighted by molar-refractivity contribution is 7.89. The van der Waals surface area contributed by atoms with Gasteiger partial charge in [-0.05, 0) is 55.5 Å². The Morgan fingerprint density at radius 1 is 1.12 bits per heavy atom. The maximum Gasteiger partial charge on any atom is 0.246 e. The number of nitrogens with one attached hydrogen (secondary N) is 2. The number of amides is 1. The van der Waals surface area contributed by atoms with Crippen LogP contribution in [-0.2, 0) is 21.2 Å². The number of carbonyl (C=O) groups is 1. The van der Waals surface area contributed by atoms with Crippen LogP contribution in [0, 0.1) is 0 Å². The van der Waals surface area contributed by atoms with E-state index in [1.165, 1.54) is 28.4 Å². The van der Waals surface area contributed by atoms with Gasteiger partial charge in [-0.25, -0.2) is 8.42 Å². The van der Waals surface area contributed by atoms with Crippen molar-refractivity contribution in [1.82, 2.24) is 9.29 Å². The highest BCUT2D eigenvalue weighted by Gasteiger charge is 2.29. The molecule has 1 aliphatic heterocycles. The summed E-state index contributed by atoms with van der Waals surface area (Å²) in [4.78, 5) is 15.9. The average molecular weight is 456 g/mol. The Kier molecular flexibility index (Phi) is 6.81. The van der Waals surface area contributed by atoms with Crippen molar-refractivity contribution < 1.29 is 17.9 Å². The summed E-state index contributed by atoms with van der Waals surface area (Å²) in [6, 6.07) is 12.9. The summed E-state index contributed by atoms with van der Waals surface area (Å²) in [7, 11) is -2.22. The Labute approximate surface area is 188 Å². The van der Waals surface area contributed by atoms with Gasteiger partial charge in [-0.3, -0.25) is 4.79 Å². The van der Waals surface area contributed by atoms with Crippen LogP contribution in [0.3, 0.4) is 0 Å². The zero-order valence-electron chi connectivity index (χ0n) is 18.3. The minimum Gasteiger partial charge on any atom is -0.495 e. The van der Waals surface area contributed by atoms with Crippen LogP contribution in [0.1, 0.15) is 37.7 Å². The average Bonchev–Trinajstić information content (AvgIpc) is 3.23. The largest absolute Gasteiger partial charge is 0.495 e. The first-order valence-electron chi connectivity index (χ1n) is 11.0. The van der Waals surface area contributed by atoms with E-state index in [1.54, 1.807) is 12.1 Å². The maximum atomic E-state index is 13.1. The second kappa shape index (κ2) is 9.75. The number of benzene rings is 2. The number of H-pyrrole nitrogens is 1. The van der Waals surface area contributed by atoms with Crippen molar-refractivity contribution in [3.05, 3.63) is 54.2 Å². The summed E-state index contributed by atoms with van der Waals surface area (Å²) in [5, 5.41) is 4.02. The molecule has 2 N–H and O–H groups in total. The number of ether oxygens (including phenoxy) is 1. The highest BCUT2D eigenvalue weighted by atomic mass is 32.2. The lowest BCUT2D eigenvalue weighted by Gasteiger charge is -2.26. The molecule has 3 aromatic rings. The molecular formula is C24H29N3O4S. The number of hydrogen-bond acceptors (Lipinski definition) is 4. The quantitative estimate of drug-likeness (QED) is 0.529. The van der Waals surface area contributed by atoms with E-state index in [4.69, 9.17) is 4.74 Å². The molecule has 1 fully saturated rings. The second-order valence-electron chi connectivity index (χ2n) is 8.09. The molecule has 1 amide bonds. The van der Waals surface area contributed by atoms with Gasteiger partial charge in [0.05, 0.1) is 7.11 Å². The third kappa shape index (κ3) is 4.81. The molecule has 1 saturated heterocycles. The molecule has 0 spiro atoms. The van der Waals surface area contributed by atoms with Crippen LogP contribution in [0.15, 0.2) is 53.6 Å². The van der Waals surface area contributed by atoms with Crippen molar-refractivity contribution in [2.24, 2.45) is 0 Å². The number of carbonyl (C=O) groups excluding carboxylic acids is 1. The van der Waals surface area contributed by atoms with Crippen LogP contribution in [-0.4, -0.2) is 43.8 Å². The number of piperidine rings is 1. The predicted octanol–water partition coefficient (Wildman–Crippen LogP) is 4.31. The Hall–Kier alpha value is -2.84. The van der Waals surface area contributed by atoms with E-state index in [1.807, 2.05) is 24.4 Å². The van der Waals surface area contributed by atoms with E-state index < -0.39 is 10.0 Å². The highest BCUT2D eigenvalue weighted by Crippen LogP contribution is 2.31. The topological polar surface area (TPSA) is 91.5 Å². The van der Waals surface area contributed by atoms with Crippen molar-refractivity contribution in [3.63, 3.8) is 0 Å². The van der Waals surface area contributed by atoms with Crippen molar-refractivity contribution in [2.75, 3.05) is 25.5 Å². The number of sulfonamides is 1. The summed E-state index contributed by atoms with van der Waals surface area (Å²) in [5.74, 6) is 0.143. The summed E-state index contributed by atoms with van der Waals surface area (Å²) in [6.45, 7) is 1.02. The van der Waals surface area contributed by atoms with Gasteiger partial charge >= 0.3 is 0 Å². The van der Waals surface area contributed by atoms with Crippen LogP contribution >= 0.6 is 0 Å². The zero-order chi connectivity index (χ0) is 22.6. The summed E-state index contributed by atoms with van der Waals surface area (Å²) < 4.78 is 33.1. The minimum atomic E-state index is -3.68. The molecule has 2 heterocycles. The molecule has 1 aromatic heterocycles. The molecule has 0 unspecified atom stereocenters. The van der Waals surface area contributed by atoms with E-state index in [-0.39, 0.29) is 16.6 Å². The van der Waals surface area contributed by atoms with Crippen LogP contribution in [0.25, 0.3) is 10.9 Å². The van der Waals surface area contributed by atoms with Crippen LogP contribution in [0.2, 0.25) is 0 Å². The zero-order valence-corrected chi connectivity index (χ0v) is 19.1. The Morgan fingerprint density at radius 3 is 2.69 bits per heavy atom. The van der Waals surface area contributed by atoms with Crippen LogP contribution in [0.5, 0.6) is 5.75 Å². The lowest BCUT2D eigenvalue weighted by atomic mass is 10.1. The maximum absolute atomic E-state index is 13.1. The van der Waals surface area contributed by atoms with Crippen LogP contribution < -0.4 is 10.1 Å². The molecule has 2 aromatic carbocycles. The molecule has 0 aliphatic carbocycles. The van der Waals surface area contributed by atoms with Crippen molar-refractivity contribution in [3.8, 4) is 5.75 Å². The first-order chi connectivity index (χ1) is 15.5. The van der Waals surface area contributed by atoms with Gasteiger partial charge in [0.15, 0.2) is 0 Å². The van der Waals surface area contributed by atoms with Gasteiger partial charge in [-0.15, -0.1) is 0 Å². The van der Waals surface area contributed by atoms with Crippen molar-refractivity contribution in [2.45, 2.75) is 43.4 Å². The molecule has 8 heteroatoms. The van der Waals surface area contributed by atoms with Crippen molar-refractivity contribution in [1.29, 1.82) is 0 Å². The molecule has 0 atom stereocenters. The van der Waals surface area contributed by atoms with Crippen LogP contribution in [0.4, 0.5) is 5.69 Å². The van der Waals surface area contributed by atoms with E-state index in [9.17, 15) is 13.2 Å². The van der Waals surface area contributed by atoms with Gasteiger partial charge in [0.25, 0.3) is 0 Å². The van der Waals surface area contributed by atoms with Gasteiger partial charge < -0.3 is 15.0 Å². The molecule has 1 aliphatic rings. The minimum absolute atomic E-state index is 0.0958. The Morgan fingerprint density at radius 2 is 1.91 bits per heavy atom. The molecule has 7 nitrogen and oxygen atoms in total. The fourth-order valence-electron chi connectivity index (χ4n) is 4.20. The van der Waals surface area contributed by atoms with E-state index in [0.29, 0.717) is 31.6 Å². The number of hydrogen-bond donors (Lipinski definition) is 2. The first kappa shape index (κ1) is 22.4. The Bertz CT molecular complexity index is 1200. The molecule has 32 heavy (non-hydrogen) atoms. The SMILES string of the molecule is COc1ccc(NC(=O)CCCc2c[nH]c3ccccc23)cc1S(=O)(=O)N1CCCCC1. The summed E-state index contributed by atoms with van der Waals surface area (Å²) >= 11 is 0. The number of para-hydroxylation sites is 1. The molecule has 170 valence electrons. The van der Waals surface area contributed by atoms with Gasteiger partial charge in [-0.1, -0.05) is 24.6 Å². The smallest absolute Gasteiger partial charge is 0.246 e. The van der Waals surface area contributed by atoms with Gasteiger partial charge in [0.2, 0.25) is 15.9 Å².